The average Bonchev–Trinajstić information content (AvgIpc) is 2.83. The van der Waals surface area contributed by atoms with Gasteiger partial charge in [0.2, 0.25) is 5.88 Å². The van der Waals surface area contributed by atoms with Gasteiger partial charge in [-0.15, -0.1) is 10.2 Å². The van der Waals surface area contributed by atoms with Crippen LogP contribution in [0.15, 0.2) is 18.2 Å². The molecule has 0 amide bonds. The van der Waals surface area contributed by atoms with Gasteiger partial charge in [-0.3, -0.25) is 0 Å². The number of rotatable bonds is 2. The summed E-state index contributed by atoms with van der Waals surface area (Å²) >= 11 is 0. The summed E-state index contributed by atoms with van der Waals surface area (Å²) in [5.74, 6) is 2.03. The second-order valence-corrected chi connectivity index (χ2v) is 4.23. The van der Waals surface area contributed by atoms with Gasteiger partial charge in [0.1, 0.15) is 5.82 Å². The number of ether oxygens (including phenoxy) is 2. The van der Waals surface area contributed by atoms with Crippen LogP contribution in [0.25, 0.3) is 5.65 Å². The Hall–Kier alpha value is -1.62. The molecule has 1 atom stereocenters. The van der Waals surface area contributed by atoms with Gasteiger partial charge >= 0.3 is 0 Å². The van der Waals surface area contributed by atoms with E-state index in [1.165, 1.54) is 0 Å². The summed E-state index contributed by atoms with van der Waals surface area (Å²) < 4.78 is 12.8. The molecule has 5 nitrogen and oxygen atoms in total. The normalized spacial score (nSPS) is 20.6. The number of pyridine rings is 1. The molecule has 0 saturated carbocycles. The molecule has 1 fully saturated rings. The zero-order valence-corrected chi connectivity index (χ0v) is 9.80. The van der Waals surface area contributed by atoms with Gasteiger partial charge < -0.3 is 9.47 Å². The van der Waals surface area contributed by atoms with E-state index in [0.717, 1.165) is 43.4 Å². The third-order valence-electron chi connectivity index (χ3n) is 3.15. The lowest BCUT2D eigenvalue weighted by molar-refractivity contribution is 0.0776. The van der Waals surface area contributed by atoms with E-state index in [1.54, 1.807) is 7.11 Å². The number of aromatic nitrogens is 3. The highest BCUT2D eigenvalue weighted by Crippen LogP contribution is 2.26. The number of hydrogen-bond acceptors (Lipinski definition) is 4. The van der Waals surface area contributed by atoms with Gasteiger partial charge in [-0.25, -0.2) is 4.40 Å². The summed E-state index contributed by atoms with van der Waals surface area (Å²) in [4.78, 5) is 0. The maximum atomic E-state index is 5.51. The average molecular weight is 233 g/mol. The molecule has 5 heteroatoms. The minimum atomic E-state index is 0.315. The van der Waals surface area contributed by atoms with Gasteiger partial charge in [-0.1, -0.05) is 6.07 Å². The Morgan fingerprint density at radius 3 is 3.12 bits per heavy atom. The number of methoxy groups -OCH3 is 1. The van der Waals surface area contributed by atoms with Gasteiger partial charge in [0.25, 0.3) is 0 Å². The first-order chi connectivity index (χ1) is 8.40. The lowest BCUT2D eigenvalue weighted by Gasteiger charge is -2.20. The molecule has 0 N–H and O–H groups in total. The molecule has 0 radical (unpaired) electrons. The number of hydrogen-bond donors (Lipinski definition) is 0. The van der Waals surface area contributed by atoms with Gasteiger partial charge in [-0.05, 0) is 25.0 Å². The Kier molecular flexibility index (Phi) is 2.68. The molecule has 0 aromatic carbocycles. The summed E-state index contributed by atoms with van der Waals surface area (Å²) in [6.07, 6.45) is 2.17. The van der Waals surface area contributed by atoms with E-state index in [9.17, 15) is 0 Å². The predicted octanol–water partition coefficient (Wildman–Crippen LogP) is 1.63. The lowest BCUT2D eigenvalue weighted by Crippen LogP contribution is -2.18. The van der Waals surface area contributed by atoms with Crippen LogP contribution in [0.4, 0.5) is 0 Å². The molecule has 1 aliphatic heterocycles. The van der Waals surface area contributed by atoms with Crippen molar-refractivity contribution in [1.29, 1.82) is 0 Å². The van der Waals surface area contributed by atoms with E-state index in [2.05, 4.69) is 10.2 Å². The minimum absolute atomic E-state index is 0.315. The van der Waals surface area contributed by atoms with E-state index >= 15 is 0 Å². The Balaban J connectivity index is 2.09. The van der Waals surface area contributed by atoms with Crippen LogP contribution < -0.4 is 4.74 Å². The molecule has 1 unspecified atom stereocenters. The predicted molar refractivity (Wildman–Crippen MR) is 62.3 cm³/mol. The molecule has 3 heterocycles. The van der Waals surface area contributed by atoms with Crippen LogP contribution in [-0.4, -0.2) is 34.9 Å². The minimum Gasteiger partial charge on any atom is -0.482 e. The van der Waals surface area contributed by atoms with Crippen molar-refractivity contribution in [3.63, 3.8) is 0 Å². The van der Waals surface area contributed by atoms with E-state index in [4.69, 9.17) is 9.47 Å². The first-order valence-corrected chi connectivity index (χ1v) is 5.86. The molecule has 90 valence electrons. The first-order valence-electron chi connectivity index (χ1n) is 5.86. The van der Waals surface area contributed by atoms with Gasteiger partial charge in [0.05, 0.1) is 13.7 Å². The summed E-state index contributed by atoms with van der Waals surface area (Å²) in [6.45, 7) is 1.57. The molecule has 1 saturated heterocycles. The third-order valence-corrected chi connectivity index (χ3v) is 3.15. The van der Waals surface area contributed by atoms with Crippen molar-refractivity contribution in [2.45, 2.75) is 18.8 Å². The van der Waals surface area contributed by atoms with Crippen LogP contribution in [0.2, 0.25) is 0 Å². The number of nitrogens with zero attached hydrogens (tertiary/aromatic N) is 3. The van der Waals surface area contributed by atoms with Crippen molar-refractivity contribution < 1.29 is 9.47 Å². The highest BCUT2D eigenvalue weighted by Gasteiger charge is 2.22. The van der Waals surface area contributed by atoms with E-state index < -0.39 is 0 Å². The maximum Gasteiger partial charge on any atom is 0.200 e. The molecule has 2 aromatic heterocycles. The fourth-order valence-corrected chi connectivity index (χ4v) is 2.30. The molecule has 1 aliphatic rings. The summed E-state index contributed by atoms with van der Waals surface area (Å²) in [6, 6.07) is 5.77. The topological polar surface area (TPSA) is 48.7 Å². The van der Waals surface area contributed by atoms with Gasteiger partial charge in [-0.2, -0.15) is 0 Å². The van der Waals surface area contributed by atoms with Crippen molar-refractivity contribution in [3.05, 3.63) is 24.0 Å². The molecular weight excluding hydrogens is 218 g/mol. The molecule has 0 aliphatic carbocycles. The van der Waals surface area contributed by atoms with Crippen molar-refractivity contribution in [2.75, 3.05) is 20.3 Å². The maximum absolute atomic E-state index is 5.51. The Bertz CT molecular complexity index is 517. The molecule has 0 bridgehead atoms. The van der Waals surface area contributed by atoms with E-state index in [-0.39, 0.29) is 0 Å². The standard InChI is InChI=1S/C12H15N3O2/c1-16-11-6-2-5-10-13-14-12(15(10)11)9-4-3-7-17-8-9/h2,5-6,9H,3-4,7-8H2,1H3. The second-order valence-electron chi connectivity index (χ2n) is 4.23. The zero-order chi connectivity index (χ0) is 11.7. The molecule has 3 rings (SSSR count). The molecule has 0 spiro atoms. The molecular formula is C12H15N3O2. The monoisotopic (exact) mass is 233 g/mol. The van der Waals surface area contributed by atoms with E-state index in [0.29, 0.717) is 5.92 Å². The largest absolute Gasteiger partial charge is 0.482 e. The fourth-order valence-electron chi connectivity index (χ4n) is 2.30. The van der Waals surface area contributed by atoms with Crippen LogP contribution >= 0.6 is 0 Å². The smallest absolute Gasteiger partial charge is 0.200 e. The fraction of sp³-hybridized carbons (Fsp3) is 0.500. The number of fused-ring (bicyclic) bond motifs is 1. The van der Waals surface area contributed by atoms with Crippen molar-refractivity contribution in [1.82, 2.24) is 14.6 Å². The summed E-state index contributed by atoms with van der Waals surface area (Å²) in [7, 11) is 1.66. The van der Waals surface area contributed by atoms with Crippen LogP contribution in [0, 0.1) is 0 Å². The Morgan fingerprint density at radius 1 is 1.41 bits per heavy atom. The van der Waals surface area contributed by atoms with Gasteiger partial charge in [0.15, 0.2) is 5.65 Å². The van der Waals surface area contributed by atoms with Gasteiger partial charge in [0, 0.05) is 12.5 Å². The first kappa shape index (κ1) is 10.5. The van der Waals surface area contributed by atoms with Crippen molar-refractivity contribution in [3.8, 4) is 5.88 Å². The van der Waals surface area contributed by atoms with Crippen LogP contribution in [-0.2, 0) is 4.74 Å². The highest BCUT2D eigenvalue weighted by atomic mass is 16.5. The van der Waals surface area contributed by atoms with E-state index in [1.807, 2.05) is 22.6 Å². The van der Waals surface area contributed by atoms with Crippen LogP contribution in [0.5, 0.6) is 5.88 Å². The zero-order valence-electron chi connectivity index (χ0n) is 9.80. The second kappa shape index (κ2) is 4.33. The SMILES string of the molecule is COc1cccc2nnc(C3CCCOC3)n12. The summed E-state index contributed by atoms with van der Waals surface area (Å²) in [5.41, 5.74) is 0.824. The quantitative estimate of drug-likeness (QED) is 0.791. The third kappa shape index (κ3) is 1.76. The van der Waals surface area contributed by atoms with Crippen LogP contribution in [0.1, 0.15) is 24.6 Å². The van der Waals surface area contributed by atoms with Crippen molar-refractivity contribution >= 4 is 5.65 Å². The van der Waals surface area contributed by atoms with Crippen molar-refractivity contribution in [2.24, 2.45) is 0 Å². The molecule has 2 aromatic rings. The Morgan fingerprint density at radius 2 is 2.35 bits per heavy atom. The molecule has 17 heavy (non-hydrogen) atoms. The highest BCUT2D eigenvalue weighted by molar-refractivity contribution is 5.42. The summed E-state index contributed by atoms with van der Waals surface area (Å²) in [5, 5.41) is 8.46. The Labute approximate surface area is 99.4 Å². The lowest BCUT2D eigenvalue weighted by atomic mass is 10.0. The van der Waals surface area contributed by atoms with Crippen LogP contribution in [0.3, 0.4) is 0 Å².